The van der Waals surface area contributed by atoms with Crippen LogP contribution in [0.15, 0.2) is 54.6 Å². The summed E-state index contributed by atoms with van der Waals surface area (Å²) in [5.41, 5.74) is 2.24. The Labute approximate surface area is 134 Å². The Kier molecular flexibility index (Phi) is 3.50. The van der Waals surface area contributed by atoms with Crippen molar-refractivity contribution in [2.45, 2.75) is 12.8 Å². The number of carbonyl (C=O) groups excluding carboxylic acids is 1. The molecule has 0 atom stereocenters. The Bertz CT molecular complexity index is 855. The summed E-state index contributed by atoms with van der Waals surface area (Å²) in [4.78, 5) is 24.0. The van der Waals surface area contributed by atoms with Crippen molar-refractivity contribution in [2.24, 2.45) is 0 Å². The summed E-state index contributed by atoms with van der Waals surface area (Å²) in [6.07, 6.45) is 2.14. The predicted molar refractivity (Wildman–Crippen MR) is 90.1 cm³/mol. The number of amides is 1. The van der Waals surface area contributed by atoms with Gasteiger partial charge in [0, 0.05) is 24.0 Å². The molecule has 0 radical (unpaired) electrons. The Morgan fingerprint density at radius 1 is 0.870 bits per heavy atom. The highest BCUT2D eigenvalue weighted by molar-refractivity contribution is 6.04. The summed E-state index contributed by atoms with van der Waals surface area (Å²) in [6.45, 7) is 1.63. The second-order valence-corrected chi connectivity index (χ2v) is 5.78. The SMILES string of the molecule is O=C(c1nc(-c2ccccc2)nc2ccccc12)N1CCCC1. The molecule has 0 N–H and O–H groups in total. The van der Waals surface area contributed by atoms with E-state index in [0.717, 1.165) is 42.4 Å². The van der Waals surface area contributed by atoms with Gasteiger partial charge in [-0.2, -0.15) is 0 Å². The second kappa shape index (κ2) is 5.80. The molecule has 1 saturated heterocycles. The molecule has 4 rings (SSSR count). The first-order chi connectivity index (χ1) is 11.3. The van der Waals surface area contributed by atoms with Crippen molar-refractivity contribution in [1.29, 1.82) is 0 Å². The van der Waals surface area contributed by atoms with Crippen molar-refractivity contribution >= 4 is 16.8 Å². The average Bonchev–Trinajstić information content (AvgIpc) is 3.15. The van der Waals surface area contributed by atoms with Gasteiger partial charge in [0.05, 0.1) is 5.52 Å². The number of likely N-dealkylation sites (tertiary alicyclic amines) is 1. The number of benzene rings is 2. The highest BCUT2D eigenvalue weighted by atomic mass is 16.2. The fourth-order valence-corrected chi connectivity index (χ4v) is 3.03. The Morgan fingerprint density at radius 2 is 1.57 bits per heavy atom. The topological polar surface area (TPSA) is 46.1 Å². The van der Waals surface area contributed by atoms with Crippen LogP contribution in [0.3, 0.4) is 0 Å². The summed E-state index contributed by atoms with van der Waals surface area (Å²) in [5, 5.41) is 0.823. The molecule has 2 heterocycles. The van der Waals surface area contributed by atoms with Gasteiger partial charge in [-0.1, -0.05) is 48.5 Å². The van der Waals surface area contributed by atoms with Crippen LogP contribution >= 0.6 is 0 Å². The van der Waals surface area contributed by atoms with Crippen LogP contribution in [-0.4, -0.2) is 33.9 Å². The van der Waals surface area contributed by atoms with E-state index in [4.69, 9.17) is 0 Å². The maximum absolute atomic E-state index is 12.9. The van der Waals surface area contributed by atoms with Crippen LogP contribution in [0.1, 0.15) is 23.3 Å². The van der Waals surface area contributed by atoms with Gasteiger partial charge in [0.1, 0.15) is 5.69 Å². The van der Waals surface area contributed by atoms with Crippen LogP contribution in [0, 0.1) is 0 Å². The third kappa shape index (κ3) is 2.57. The standard InChI is InChI=1S/C19H17N3O/c23-19(22-12-6-7-13-22)17-15-10-4-5-11-16(15)20-18(21-17)14-8-2-1-3-9-14/h1-5,8-11H,6-7,12-13H2. The van der Waals surface area contributed by atoms with Crippen molar-refractivity contribution in [3.63, 3.8) is 0 Å². The quantitative estimate of drug-likeness (QED) is 0.727. The lowest BCUT2D eigenvalue weighted by molar-refractivity contribution is 0.0789. The van der Waals surface area contributed by atoms with Gasteiger partial charge < -0.3 is 4.90 Å². The second-order valence-electron chi connectivity index (χ2n) is 5.78. The van der Waals surface area contributed by atoms with Gasteiger partial charge >= 0.3 is 0 Å². The Morgan fingerprint density at radius 3 is 2.35 bits per heavy atom. The Balaban J connectivity index is 1.89. The highest BCUT2D eigenvalue weighted by Crippen LogP contribution is 2.23. The summed E-state index contributed by atoms with van der Waals surface area (Å²) in [6, 6.07) is 17.5. The van der Waals surface area contributed by atoms with Crippen molar-refractivity contribution in [3.8, 4) is 11.4 Å². The minimum atomic E-state index is 0.0123. The maximum atomic E-state index is 12.9. The van der Waals surface area contributed by atoms with E-state index < -0.39 is 0 Å². The maximum Gasteiger partial charge on any atom is 0.273 e. The summed E-state index contributed by atoms with van der Waals surface area (Å²) in [5.74, 6) is 0.616. The normalized spacial score (nSPS) is 14.3. The lowest BCUT2D eigenvalue weighted by Gasteiger charge is -2.16. The summed E-state index contributed by atoms with van der Waals surface area (Å²) in [7, 11) is 0. The minimum absolute atomic E-state index is 0.0123. The van der Waals surface area contributed by atoms with E-state index in [9.17, 15) is 4.79 Å². The molecular formula is C19H17N3O. The first-order valence-corrected chi connectivity index (χ1v) is 7.94. The molecule has 4 heteroatoms. The average molecular weight is 303 g/mol. The van der Waals surface area contributed by atoms with Crippen molar-refractivity contribution in [3.05, 3.63) is 60.3 Å². The number of fused-ring (bicyclic) bond motifs is 1. The Hall–Kier alpha value is -2.75. The van der Waals surface area contributed by atoms with E-state index >= 15 is 0 Å². The monoisotopic (exact) mass is 303 g/mol. The molecule has 0 spiro atoms. The van der Waals surface area contributed by atoms with Gasteiger partial charge in [-0.05, 0) is 18.9 Å². The molecule has 0 bridgehead atoms. The van der Waals surface area contributed by atoms with E-state index in [1.54, 1.807) is 0 Å². The number of rotatable bonds is 2. The zero-order valence-corrected chi connectivity index (χ0v) is 12.8. The van der Waals surface area contributed by atoms with Gasteiger partial charge in [-0.25, -0.2) is 9.97 Å². The third-order valence-electron chi connectivity index (χ3n) is 4.23. The number of para-hydroxylation sites is 1. The molecule has 23 heavy (non-hydrogen) atoms. The van der Waals surface area contributed by atoms with Crippen molar-refractivity contribution < 1.29 is 4.79 Å². The van der Waals surface area contributed by atoms with E-state index in [0.29, 0.717) is 11.5 Å². The van der Waals surface area contributed by atoms with Gasteiger partial charge in [0.2, 0.25) is 0 Å². The fourth-order valence-electron chi connectivity index (χ4n) is 3.03. The first-order valence-electron chi connectivity index (χ1n) is 7.94. The highest BCUT2D eigenvalue weighted by Gasteiger charge is 2.23. The lowest BCUT2D eigenvalue weighted by atomic mass is 10.1. The summed E-state index contributed by atoms with van der Waals surface area (Å²) >= 11 is 0. The molecular weight excluding hydrogens is 286 g/mol. The van der Waals surface area contributed by atoms with E-state index in [2.05, 4.69) is 9.97 Å². The molecule has 1 amide bonds. The molecule has 1 fully saturated rings. The van der Waals surface area contributed by atoms with E-state index in [1.165, 1.54) is 0 Å². The van der Waals surface area contributed by atoms with Crippen LogP contribution in [0.4, 0.5) is 0 Å². The molecule has 0 aliphatic carbocycles. The number of hydrogen-bond acceptors (Lipinski definition) is 3. The smallest absolute Gasteiger partial charge is 0.273 e. The molecule has 0 unspecified atom stereocenters. The molecule has 2 aromatic carbocycles. The van der Waals surface area contributed by atoms with Crippen LogP contribution in [-0.2, 0) is 0 Å². The van der Waals surface area contributed by atoms with Gasteiger partial charge in [-0.3, -0.25) is 4.79 Å². The molecule has 1 aliphatic rings. The van der Waals surface area contributed by atoms with Crippen LogP contribution in [0.25, 0.3) is 22.3 Å². The third-order valence-corrected chi connectivity index (χ3v) is 4.23. The molecule has 0 saturated carbocycles. The summed E-state index contributed by atoms with van der Waals surface area (Å²) < 4.78 is 0. The number of carbonyl (C=O) groups is 1. The van der Waals surface area contributed by atoms with Crippen LogP contribution in [0.5, 0.6) is 0 Å². The van der Waals surface area contributed by atoms with E-state index in [-0.39, 0.29) is 5.91 Å². The fraction of sp³-hybridized carbons (Fsp3) is 0.211. The lowest BCUT2D eigenvalue weighted by Crippen LogP contribution is -2.28. The molecule has 1 aliphatic heterocycles. The molecule has 114 valence electrons. The largest absolute Gasteiger partial charge is 0.337 e. The zero-order valence-electron chi connectivity index (χ0n) is 12.8. The predicted octanol–water partition coefficient (Wildman–Crippen LogP) is 3.53. The first kappa shape index (κ1) is 13.9. The van der Waals surface area contributed by atoms with E-state index in [1.807, 2.05) is 59.5 Å². The van der Waals surface area contributed by atoms with Gasteiger partial charge in [-0.15, -0.1) is 0 Å². The van der Waals surface area contributed by atoms with Crippen molar-refractivity contribution in [2.75, 3.05) is 13.1 Å². The molecule has 3 aromatic rings. The van der Waals surface area contributed by atoms with Crippen molar-refractivity contribution in [1.82, 2.24) is 14.9 Å². The minimum Gasteiger partial charge on any atom is -0.337 e. The molecule has 1 aromatic heterocycles. The van der Waals surface area contributed by atoms with Crippen LogP contribution < -0.4 is 0 Å². The number of hydrogen-bond donors (Lipinski definition) is 0. The van der Waals surface area contributed by atoms with Crippen LogP contribution in [0.2, 0.25) is 0 Å². The van der Waals surface area contributed by atoms with Gasteiger partial charge in [0.15, 0.2) is 5.82 Å². The number of aromatic nitrogens is 2. The number of nitrogens with zero attached hydrogens (tertiary/aromatic N) is 3. The molecule has 4 nitrogen and oxygen atoms in total. The van der Waals surface area contributed by atoms with Gasteiger partial charge in [0.25, 0.3) is 5.91 Å². The zero-order chi connectivity index (χ0) is 15.6.